The average Bonchev–Trinajstić information content (AvgIpc) is 3.15. The Morgan fingerprint density at radius 2 is 1.72 bits per heavy atom. The van der Waals surface area contributed by atoms with Gasteiger partial charge in [-0.2, -0.15) is 0 Å². The highest BCUT2D eigenvalue weighted by atomic mass is 16.2. The number of carbonyl (C=O) groups excluding carboxylic acids is 1. The van der Waals surface area contributed by atoms with E-state index in [1.807, 2.05) is 17.0 Å². The molecule has 154 valence electrons. The summed E-state index contributed by atoms with van der Waals surface area (Å²) in [7, 11) is 5.94. The van der Waals surface area contributed by atoms with E-state index in [0.29, 0.717) is 13.0 Å². The van der Waals surface area contributed by atoms with Gasteiger partial charge in [-0.15, -0.1) is 0 Å². The van der Waals surface area contributed by atoms with Crippen LogP contribution in [0.4, 0.5) is 5.69 Å². The monoisotopic (exact) mass is 393 g/mol. The number of hydrogen-bond donors (Lipinski definition) is 2. The third kappa shape index (κ3) is 5.81. The standard InChI is InChI=1S/C23H31N5O/c1-24-23(26-16-19-7-4-5-8-20(19)17-27(2)3)25-15-18-10-12-21(13-11-18)28-14-6-9-22(28)29/h4-5,7-8,10-13H,6,9,14-17H2,1-3H3,(H2,24,25,26). The zero-order chi connectivity index (χ0) is 20.6. The molecule has 2 aromatic carbocycles. The molecule has 1 aliphatic heterocycles. The summed E-state index contributed by atoms with van der Waals surface area (Å²) < 4.78 is 0. The van der Waals surface area contributed by atoms with Crippen molar-refractivity contribution in [3.63, 3.8) is 0 Å². The van der Waals surface area contributed by atoms with Crippen LogP contribution in [0.2, 0.25) is 0 Å². The van der Waals surface area contributed by atoms with Crippen LogP contribution in [0.25, 0.3) is 0 Å². The van der Waals surface area contributed by atoms with Crippen LogP contribution in [0, 0.1) is 0 Å². The van der Waals surface area contributed by atoms with Crippen LogP contribution in [0.3, 0.4) is 0 Å². The van der Waals surface area contributed by atoms with Gasteiger partial charge in [0, 0.05) is 45.3 Å². The first kappa shape index (κ1) is 20.9. The fourth-order valence-corrected chi connectivity index (χ4v) is 3.53. The second-order valence-corrected chi connectivity index (χ2v) is 7.60. The number of amides is 1. The molecule has 0 atom stereocenters. The van der Waals surface area contributed by atoms with Crippen LogP contribution < -0.4 is 15.5 Å². The van der Waals surface area contributed by atoms with E-state index < -0.39 is 0 Å². The van der Waals surface area contributed by atoms with Crippen LogP contribution in [0.15, 0.2) is 53.5 Å². The van der Waals surface area contributed by atoms with Gasteiger partial charge in [-0.05, 0) is 49.3 Å². The van der Waals surface area contributed by atoms with Crippen molar-refractivity contribution in [1.82, 2.24) is 15.5 Å². The Hall–Kier alpha value is -2.86. The molecule has 6 heteroatoms. The summed E-state index contributed by atoms with van der Waals surface area (Å²) in [6.07, 6.45) is 1.60. The van der Waals surface area contributed by atoms with Crippen LogP contribution in [0.5, 0.6) is 0 Å². The molecular formula is C23H31N5O. The molecule has 29 heavy (non-hydrogen) atoms. The lowest BCUT2D eigenvalue weighted by Gasteiger charge is -2.17. The Balaban J connectivity index is 1.53. The van der Waals surface area contributed by atoms with Gasteiger partial charge in [0.05, 0.1) is 0 Å². The summed E-state index contributed by atoms with van der Waals surface area (Å²) in [5.41, 5.74) is 4.71. The lowest BCUT2D eigenvalue weighted by molar-refractivity contribution is -0.117. The molecule has 3 rings (SSSR count). The maximum atomic E-state index is 11.9. The molecule has 2 N–H and O–H groups in total. The van der Waals surface area contributed by atoms with E-state index in [2.05, 4.69) is 71.0 Å². The zero-order valence-electron chi connectivity index (χ0n) is 17.6. The van der Waals surface area contributed by atoms with Crippen molar-refractivity contribution >= 4 is 17.6 Å². The molecule has 1 aliphatic rings. The average molecular weight is 394 g/mol. The third-order valence-corrected chi connectivity index (χ3v) is 5.06. The Bertz CT molecular complexity index is 845. The second kappa shape index (κ2) is 10.1. The largest absolute Gasteiger partial charge is 0.352 e. The highest BCUT2D eigenvalue weighted by Gasteiger charge is 2.21. The van der Waals surface area contributed by atoms with Gasteiger partial charge in [0.2, 0.25) is 5.91 Å². The lowest BCUT2D eigenvalue weighted by atomic mass is 10.1. The molecule has 1 heterocycles. The SMILES string of the molecule is CN=C(NCc1ccc(N2CCCC2=O)cc1)NCc1ccccc1CN(C)C. The van der Waals surface area contributed by atoms with Crippen molar-refractivity contribution < 1.29 is 4.79 Å². The molecule has 0 bridgehead atoms. The zero-order valence-corrected chi connectivity index (χ0v) is 17.6. The smallest absolute Gasteiger partial charge is 0.227 e. The van der Waals surface area contributed by atoms with E-state index in [1.165, 1.54) is 11.1 Å². The van der Waals surface area contributed by atoms with E-state index in [4.69, 9.17) is 0 Å². The highest BCUT2D eigenvalue weighted by molar-refractivity contribution is 5.95. The molecule has 0 spiro atoms. The number of anilines is 1. The molecule has 0 saturated carbocycles. The number of aliphatic imine (C=N–C) groups is 1. The molecule has 1 amide bonds. The number of carbonyl (C=O) groups is 1. The summed E-state index contributed by atoms with van der Waals surface area (Å²) in [6, 6.07) is 16.6. The number of hydrogen-bond acceptors (Lipinski definition) is 3. The van der Waals surface area contributed by atoms with Crippen molar-refractivity contribution in [2.24, 2.45) is 4.99 Å². The van der Waals surface area contributed by atoms with Gasteiger partial charge in [0.1, 0.15) is 0 Å². The third-order valence-electron chi connectivity index (χ3n) is 5.06. The minimum Gasteiger partial charge on any atom is -0.352 e. The van der Waals surface area contributed by atoms with E-state index in [-0.39, 0.29) is 5.91 Å². The lowest BCUT2D eigenvalue weighted by Crippen LogP contribution is -2.36. The van der Waals surface area contributed by atoms with Gasteiger partial charge in [-0.1, -0.05) is 36.4 Å². The summed E-state index contributed by atoms with van der Waals surface area (Å²) >= 11 is 0. The minimum absolute atomic E-state index is 0.218. The maximum absolute atomic E-state index is 11.9. The fourth-order valence-electron chi connectivity index (χ4n) is 3.53. The van der Waals surface area contributed by atoms with Crippen molar-refractivity contribution in [3.05, 3.63) is 65.2 Å². The van der Waals surface area contributed by atoms with Crippen molar-refractivity contribution in [3.8, 4) is 0 Å². The molecule has 0 radical (unpaired) electrons. The summed E-state index contributed by atoms with van der Waals surface area (Å²) in [6.45, 7) is 3.13. The van der Waals surface area contributed by atoms with Crippen LogP contribution >= 0.6 is 0 Å². The van der Waals surface area contributed by atoms with Crippen LogP contribution in [-0.2, 0) is 24.4 Å². The van der Waals surface area contributed by atoms with E-state index >= 15 is 0 Å². The molecule has 1 fully saturated rings. The minimum atomic E-state index is 0.218. The van der Waals surface area contributed by atoms with Gasteiger partial charge in [-0.25, -0.2) is 0 Å². The maximum Gasteiger partial charge on any atom is 0.227 e. The van der Waals surface area contributed by atoms with Gasteiger partial charge in [0.25, 0.3) is 0 Å². The normalized spacial score (nSPS) is 14.6. The van der Waals surface area contributed by atoms with Crippen LogP contribution in [0.1, 0.15) is 29.5 Å². The predicted octanol–water partition coefficient (Wildman–Crippen LogP) is 2.74. The predicted molar refractivity (Wildman–Crippen MR) is 119 cm³/mol. The topological polar surface area (TPSA) is 60.0 Å². The van der Waals surface area contributed by atoms with Crippen LogP contribution in [-0.4, -0.2) is 44.5 Å². The number of nitrogens with one attached hydrogen (secondary N) is 2. The van der Waals surface area contributed by atoms with Crippen molar-refractivity contribution in [2.45, 2.75) is 32.5 Å². The molecule has 1 saturated heterocycles. The first-order chi connectivity index (χ1) is 14.1. The van der Waals surface area contributed by atoms with E-state index in [0.717, 1.165) is 43.3 Å². The van der Waals surface area contributed by atoms with Crippen molar-refractivity contribution in [1.29, 1.82) is 0 Å². The number of rotatable bonds is 7. The molecule has 0 unspecified atom stereocenters. The summed E-state index contributed by atoms with van der Waals surface area (Å²) in [5, 5.41) is 6.76. The Morgan fingerprint density at radius 3 is 2.34 bits per heavy atom. The molecule has 6 nitrogen and oxygen atoms in total. The first-order valence-electron chi connectivity index (χ1n) is 10.1. The quantitative estimate of drug-likeness (QED) is 0.561. The van der Waals surface area contributed by atoms with Gasteiger partial charge in [-0.3, -0.25) is 9.79 Å². The number of benzene rings is 2. The van der Waals surface area contributed by atoms with E-state index in [1.54, 1.807) is 7.05 Å². The second-order valence-electron chi connectivity index (χ2n) is 7.60. The molecule has 0 aliphatic carbocycles. The molecular weight excluding hydrogens is 362 g/mol. The van der Waals surface area contributed by atoms with Crippen molar-refractivity contribution in [2.75, 3.05) is 32.6 Å². The van der Waals surface area contributed by atoms with E-state index in [9.17, 15) is 4.79 Å². The fraction of sp³-hybridized carbons (Fsp3) is 0.391. The summed E-state index contributed by atoms with van der Waals surface area (Å²) in [4.78, 5) is 20.2. The van der Waals surface area contributed by atoms with Gasteiger partial charge < -0.3 is 20.4 Å². The highest BCUT2D eigenvalue weighted by Crippen LogP contribution is 2.21. The molecule has 0 aromatic heterocycles. The Morgan fingerprint density at radius 1 is 1.03 bits per heavy atom. The van der Waals surface area contributed by atoms with Gasteiger partial charge in [0.15, 0.2) is 5.96 Å². The van der Waals surface area contributed by atoms with Gasteiger partial charge >= 0.3 is 0 Å². The first-order valence-corrected chi connectivity index (χ1v) is 10.1. The summed E-state index contributed by atoms with van der Waals surface area (Å²) in [5.74, 6) is 0.985. The molecule has 2 aromatic rings. The number of nitrogens with zero attached hydrogens (tertiary/aromatic N) is 3. The Labute approximate surface area is 173 Å². The number of guanidine groups is 1. The Kier molecular flexibility index (Phi) is 7.25.